The number of hydrogen-bond donors (Lipinski definition) is 1. The minimum atomic E-state index is -0.496. The maximum absolute atomic E-state index is 12.7. The van der Waals surface area contributed by atoms with E-state index >= 15 is 0 Å². The monoisotopic (exact) mass is 297 g/mol. The lowest BCUT2D eigenvalue weighted by Crippen LogP contribution is -2.53. The van der Waals surface area contributed by atoms with Crippen molar-refractivity contribution >= 4 is 11.8 Å². The first-order chi connectivity index (χ1) is 10.7. The molecule has 1 aromatic carbocycles. The summed E-state index contributed by atoms with van der Waals surface area (Å²) in [5.74, 6) is -0.224. The summed E-state index contributed by atoms with van der Waals surface area (Å²) in [5, 5.41) is 6.74. The number of rotatable bonds is 1. The van der Waals surface area contributed by atoms with Crippen molar-refractivity contribution in [2.75, 3.05) is 6.54 Å². The molecular formula is C16H15N3O3. The van der Waals surface area contributed by atoms with Crippen LogP contribution in [0.2, 0.25) is 0 Å². The van der Waals surface area contributed by atoms with Crippen LogP contribution < -0.4 is 5.32 Å². The van der Waals surface area contributed by atoms with E-state index in [4.69, 9.17) is 4.52 Å². The Morgan fingerprint density at radius 2 is 2.18 bits per heavy atom. The van der Waals surface area contributed by atoms with Gasteiger partial charge in [0.05, 0.1) is 12.2 Å². The lowest BCUT2D eigenvalue weighted by Gasteiger charge is -2.32. The van der Waals surface area contributed by atoms with Crippen molar-refractivity contribution < 1.29 is 14.1 Å². The van der Waals surface area contributed by atoms with Crippen molar-refractivity contribution in [1.29, 1.82) is 0 Å². The van der Waals surface area contributed by atoms with Crippen molar-refractivity contribution in [3.63, 3.8) is 0 Å². The largest absolute Gasteiger partial charge is 0.364 e. The maximum Gasteiger partial charge on any atom is 0.252 e. The second kappa shape index (κ2) is 4.98. The van der Waals surface area contributed by atoms with Gasteiger partial charge >= 0.3 is 0 Å². The minimum Gasteiger partial charge on any atom is -0.364 e. The van der Waals surface area contributed by atoms with Crippen LogP contribution in [0.15, 0.2) is 35.1 Å². The molecule has 1 N–H and O–H groups in total. The lowest BCUT2D eigenvalue weighted by molar-refractivity contribution is -0.134. The predicted octanol–water partition coefficient (Wildman–Crippen LogP) is 0.914. The number of carbonyl (C=O) groups is 2. The number of nitrogens with zero attached hydrogens (tertiary/aromatic N) is 2. The first kappa shape index (κ1) is 13.1. The van der Waals surface area contributed by atoms with Gasteiger partial charge in [-0.25, -0.2) is 0 Å². The highest BCUT2D eigenvalue weighted by atomic mass is 16.5. The molecular weight excluding hydrogens is 282 g/mol. The Bertz CT molecular complexity index is 753. The summed E-state index contributed by atoms with van der Waals surface area (Å²) in [6, 6.07) is 6.92. The third kappa shape index (κ3) is 2.07. The number of benzene rings is 1. The molecule has 0 aliphatic carbocycles. The summed E-state index contributed by atoms with van der Waals surface area (Å²) in [6.07, 6.45) is 2.81. The molecule has 1 unspecified atom stereocenters. The Hall–Kier alpha value is -2.63. The quantitative estimate of drug-likeness (QED) is 0.849. The summed E-state index contributed by atoms with van der Waals surface area (Å²) in [7, 11) is 0. The summed E-state index contributed by atoms with van der Waals surface area (Å²) >= 11 is 0. The summed E-state index contributed by atoms with van der Waals surface area (Å²) in [4.78, 5) is 26.6. The van der Waals surface area contributed by atoms with Gasteiger partial charge in [0, 0.05) is 30.5 Å². The normalized spacial score (nSPS) is 20.1. The van der Waals surface area contributed by atoms with Crippen molar-refractivity contribution in [2.24, 2.45) is 0 Å². The summed E-state index contributed by atoms with van der Waals surface area (Å²) in [6.45, 7) is 1.10. The number of fused-ring (bicyclic) bond motifs is 2. The van der Waals surface area contributed by atoms with E-state index in [9.17, 15) is 9.59 Å². The fraction of sp³-hybridized carbons (Fsp3) is 0.312. The Balaban J connectivity index is 1.54. The topological polar surface area (TPSA) is 75.4 Å². The molecule has 0 spiro atoms. The fourth-order valence-electron chi connectivity index (χ4n) is 3.12. The van der Waals surface area contributed by atoms with Gasteiger partial charge in [0.2, 0.25) is 5.91 Å². The number of aromatic nitrogens is 1. The lowest BCUT2D eigenvalue weighted by atomic mass is 9.94. The van der Waals surface area contributed by atoms with Crippen LogP contribution in [0.25, 0.3) is 0 Å². The molecule has 3 heterocycles. The zero-order valence-corrected chi connectivity index (χ0v) is 11.9. The van der Waals surface area contributed by atoms with Crippen molar-refractivity contribution in [3.05, 3.63) is 52.9 Å². The zero-order chi connectivity index (χ0) is 15.1. The van der Waals surface area contributed by atoms with E-state index in [2.05, 4.69) is 10.5 Å². The smallest absolute Gasteiger partial charge is 0.252 e. The van der Waals surface area contributed by atoms with E-state index in [1.54, 1.807) is 17.2 Å². The Morgan fingerprint density at radius 1 is 1.32 bits per heavy atom. The first-order valence-electron chi connectivity index (χ1n) is 7.32. The van der Waals surface area contributed by atoms with Crippen LogP contribution in [-0.4, -0.2) is 34.5 Å². The van der Waals surface area contributed by atoms with Crippen LogP contribution in [0.5, 0.6) is 0 Å². The molecule has 112 valence electrons. The zero-order valence-electron chi connectivity index (χ0n) is 11.9. The Labute approximate surface area is 127 Å². The molecule has 0 bridgehead atoms. The van der Waals surface area contributed by atoms with Crippen LogP contribution in [0.3, 0.4) is 0 Å². The average Bonchev–Trinajstić information content (AvgIpc) is 3.01. The van der Waals surface area contributed by atoms with Crippen molar-refractivity contribution in [2.45, 2.75) is 25.4 Å². The second-order valence-corrected chi connectivity index (χ2v) is 5.68. The molecule has 0 saturated carbocycles. The molecule has 6 heteroatoms. The van der Waals surface area contributed by atoms with E-state index < -0.39 is 6.04 Å². The molecule has 6 nitrogen and oxygen atoms in total. The molecule has 0 fully saturated rings. The van der Waals surface area contributed by atoms with E-state index in [1.807, 2.05) is 18.2 Å². The average molecular weight is 297 g/mol. The number of nitrogens with one attached hydrogen (secondary N) is 1. The molecule has 2 amide bonds. The van der Waals surface area contributed by atoms with Crippen molar-refractivity contribution in [1.82, 2.24) is 15.4 Å². The van der Waals surface area contributed by atoms with Crippen LogP contribution in [0.4, 0.5) is 0 Å². The van der Waals surface area contributed by atoms with Gasteiger partial charge in [-0.2, -0.15) is 0 Å². The van der Waals surface area contributed by atoms with Crippen molar-refractivity contribution in [3.8, 4) is 0 Å². The van der Waals surface area contributed by atoms with Gasteiger partial charge in [-0.15, -0.1) is 0 Å². The fourth-order valence-corrected chi connectivity index (χ4v) is 3.12. The van der Waals surface area contributed by atoms with E-state index in [-0.39, 0.29) is 11.8 Å². The highest BCUT2D eigenvalue weighted by Gasteiger charge is 2.33. The van der Waals surface area contributed by atoms with E-state index in [0.717, 1.165) is 16.8 Å². The Kier molecular flexibility index (Phi) is 2.96. The highest BCUT2D eigenvalue weighted by molar-refractivity contribution is 6.00. The summed E-state index contributed by atoms with van der Waals surface area (Å²) < 4.78 is 4.95. The summed E-state index contributed by atoms with van der Waals surface area (Å²) in [5.41, 5.74) is 3.45. The molecule has 22 heavy (non-hydrogen) atoms. The van der Waals surface area contributed by atoms with Gasteiger partial charge in [0.15, 0.2) is 0 Å². The van der Waals surface area contributed by atoms with Crippen LogP contribution in [0.1, 0.15) is 27.2 Å². The molecule has 4 rings (SSSR count). The van der Waals surface area contributed by atoms with Gasteiger partial charge in [0.25, 0.3) is 5.91 Å². The first-order valence-corrected chi connectivity index (χ1v) is 7.32. The van der Waals surface area contributed by atoms with Gasteiger partial charge < -0.3 is 14.7 Å². The van der Waals surface area contributed by atoms with Gasteiger partial charge in [-0.3, -0.25) is 9.59 Å². The molecule has 1 aromatic heterocycles. The standard InChI is InChI=1S/C16H15N3O3/c20-15-12-4-2-1-3-10(12)7-14(17-15)16(21)19-6-5-13-11(8-19)9-22-18-13/h1-4,9,14H,5-8H2,(H,17,20). The van der Waals surface area contributed by atoms with Crippen LogP contribution in [0, 0.1) is 0 Å². The van der Waals surface area contributed by atoms with Crippen LogP contribution >= 0.6 is 0 Å². The predicted molar refractivity (Wildman–Crippen MR) is 77.0 cm³/mol. The minimum absolute atomic E-state index is 0.0466. The second-order valence-electron chi connectivity index (χ2n) is 5.68. The van der Waals surface area contributed by atoms with Crippen LogP contribution in [-0.2, 0) is 24.2 Å². The third-order valence-electron chi connectivity index (χ3n) is 4.31. The number of carbonyl (C=O) groups excluding carboxylic acids is 2. The molecule has 0 saturated heterocycles. The SMILES string of the molecule is O=C1NC(C(=O)N2CCc3nocc3C2)Cc2ccccc21. The maximum atomic E-state index is 12.7. The molecule has 1 atom stereocenters. The highest BCUT2D eigenvalue weighted by Crippen LogP contribution is 2.21. The number of amides is 2. The Morgan fingerprint density at radius 3 is 3.09 bits per heavy atom. The molecule has 2 aromatic rings. The van der Waals surface area contributed by atoms with Gasteiger partial charge in [-0.1, -0.05) is 23.4 Å². The van der Waals surface area contributed by atoms with E-state index in [1.165, 1.54) is 0 Å². The van der Waals surface area contributed by atoms with Gasteiger partial charge in [0.1, 0.15) is 12.3 Å². The molecule has 2 aliphatic rings. The van der Waals surface area contributed by atoms with Gasteiger partial charge in [-0.05, 0) is 11.6 Å². The number of hydrogen-bond acceptors (Lipinski definition) is 4. The van der Waals surface area contributed by atoms with E-state index in [0.29, 0.717) is 31.5 Å². The third-order valence-corrected chi connectivity index (χ3v) is 4.31. The molecule has 2 aliphatic heterocycles. The molecule has 0 radical (unpaired) electrons.